The third-order valence-electron chi connectivity index (χ3n) is 3.41. The SMILES string of the molecule is CC(c1ccc(O)cc1F)N(C)Cc1nccn1C. The molecule has 2 rings (SSSR count). The van der Waals surface area contributed by atoms with Crippen molar-refractivity contribution >= 4 is 0 Å². The van der Waals surface area contributed by atoms with Crippen LogP contribution < -0.4 is 0 Å². The van der Waals surface area contributed by atoms with E-state index in [4.69, 9.17) is 0 Å². The second-order valence-corrected chi connectivity index (χ2v) is 4.75. The van der Waals surface area contributed by atoms with Crippen molar-refractivity contribution in [3.8, 4) is 5.75 Å². The molecule has 1 aromatic heterocycles. The van der Waals surface area contributed by atoms with Crippen LogP contribution in [0.3, 0.4) is 0 Å². The number of nitrogens with zero attached hydrogens (tertiary/aromatic N) is 3. The van der Waals surface area contributed by atoms with Gasteiger partial charge >= 0.3 is 0 Å². The molecule has 0 radical (unpaired) electrons. The molecule has 4 nitrogen and oxygen atoms in total. The first-order valence-corrected chi connectivity index (χ1v) is 6.14. The highest BCUT2D eigenvalue weighted by molar-refractivity contribution is 5.29. The fourth-order valence-corrected chi connectivity index (χ4v) is 2.00. The fourth-order valence-electron chi connectivity index (χ4n) is 2.00. The van der Waals surface area contributed by atoms with Gasteiger partial charge in [0.25, 0.3) is 0 Å². The Morgan fingerprint density at radius 3 is 2.79 bits per heavy atom. The van der Waals surface area contributed by atoms with Gasteiger partial charge in [-0.2, -0.15) is 0 Å². The minimum atomic E-state index is -0.390. The molecule has 1 heterocycles. The topological polar surface area (TPSA) is 41.3 Å². The van der Waals surface area contributed by atoms with E-state index in [1.165, 1.54) is 6.07 Å². The van der Waals surface area contributed by atoms with Crippen LogP contribution in [0.1, 0.15) is 24.4 Å². The van der Waals surface area contributed by atoms with E-state index in [0.717, 1.165) is 11.9 Å². The van der Waals surface area contributed by atoms with Gasteiger partial charge in [-0.05, 0) is 20.0 Å². The number of aromatic hydroxyl groups is 1. The van der Waals surface area contributed by atoms with Gasteiger partial charge in [-0.3, -0.25) is 4.90 Å². The maximum absolute atomic E-state index is 13.8. The summed E-state index contributed by atoms with van der Waals surface area (Å²) in [4.78, 5) is 6.27. The molecule has 1 atom stereocenters. The van der Waals surface area contributed by atoms with E-state index in [2.05, 4.69) is 4.98 Å². The Kier molecular flexibility index (Phi) is 3.85. The second-order valence-electron chi connectivity index (χ2n) is 4.75. The molecule has 19 heavy (non-hydrogen) atoms. The summed E-state index contributed by atoms with van der Waals surface area (Å²) in [5.74, 6) is 0.480. The Morgan fingerprint density at radius 1 is 1.47 bits per heavy atom. The summed E-state index contributed by atoms with van der Waals surface area (Å²) in [6, 6.07) is 4.16. The summed E-state index contributed by atoms with van der Waals surface area (Å²) in [5, 5.41) is 9.23. The van der Waals surface area contributed by atoms with Gasteiger partial charge in [0, 0.05) is 37.1 Å². The molecule has 0 amide bonds. The molecule has 0 fully saturated rings. The summed E-state index contributed by atoms with van der Waals surface area (Å²) in [6.45, 7) is 2.56. The molecule has 0 aliphatic heterocycles. The van der Waals surface area contributed by atoms with Gasteiger partial charge in [-0.15, -0.1) is 0 Å². The van der Waals surface area contributed by atoms with Crippen LogP contribution in [-0.2, 0) is 13.6 Å². The molecule has 0 aliphatic carbocycles. The molecule has 102 valence electrons. The van der Waals surface area contributed by atoms with Crippen LogP contribution in [0.4, 0.5) is 4.39 Å². The van der Waals surface area contributed by atoms with Crippen molar-refractivity contribution in [2.45, 2.75) is 19.5 Å². The lowest BCUT2D eigenvalue weighted by Gasteiger charge is -2.25. The fraction of sp³-hybridized carbons (Fsp3) is 0.357. The maximum atomic E-state index is 13.8. The number of phenolic OH excluding ortho intramolecular Hbond substituents is 1. The lowest BCUT2D eigenvalue weighted by Crippen LogP contribution is -2.24. The number of hydrogen-bond donors (Lipinski definition) is 1. The van der Waals surface area contributed by atoms with E-state index in [-0.39, 0.29) is 17.6 Å². The lowest BCUT2D eigenvalue weighted by molar-refractivity contribution is 0.239. The molecule has 0 aliphatic rings. The molecule has 1 aromatic carbocycles. The average Bonchev–Trinajstić information content (AvgIpc) is 2.74. The van der Waals surface area contributed by atoms with Crippen LogP contribution in [-0.4, -0.2) is 26.6 Å². The number of benzene rings is 1. The van der Waals surface area contributed by atoms with Gasteiger partial charge in [-0.1, -0.05) is 6.07 Å². The number of halogens is 1. The quantitative estimate of drug-likeness (QED) is 0.921. The van der Waals surface area contributed by atoms with E-state index >= 15 is 0 Å². The number of hydrogen-bond acceptors (Lipinski definition) is 3. The third-order valence-corrected chi connectivity index (χ3v) is 3.41. The van der Waals surface area contributed by atoms with E-state index in [9.17, 15) is 9.50 Å². The zero-order valence-electron chi connectivity index (χ0n) is 11.3. The third kappa shape index (κ3) is 2.93. The molecule has 0 saturated carbocycles. The zero-order valence-corrected chi connectivity index (χ0v) is 11.3. The maximum Gasteiger partial charge on any atom is 0.131 e. The summed E-state index contributed by atoms with van der Waals surface area (Å²) < 4.78 is 15.8. The van der Waals surface area contributed by atoms with Crippen molar-refractivity contribution in [2.24, 2.45) is 7.05 Å². The first kappa shape index (κ1) is 13.5. The van der Waals surface area contributed by atoms with Gasteiger partial charge in [0.15, 0.2) is 0 Å². The zero-order chi connectivity index (χ0) is 14.0. The summed E-state index contributed by atoms with van der Waals surface area (Å²) in [6.07, 6.45) is 3.63. The van der Waals surface area contributed by atoms with Crippen molar-refractivity contribution in [2.75, 3.05) is 7.05 Å². The van der Waals surface area contributed by atoms with Crippen LogP contribution in [0.25, 0.3) is 0 Å². The van der Waals surface area contributed by atoms with Crippen LogP contribution in [0.5, 0.6) is 5.75 Å². The molecule has 0 saturated heterocycles. The normalized spacial score (nSPS) is 12.9. The largest absolute Gasteiger partial charge is 0.508 e. The lowest BCUT2D eigenvalue weighted by atomic mass is 10.1. The van der Waals surface area contributed by atoms with Gasteiger partial charge in [0.05, 0.1) is 6.54 Å². The molecule has 0 bridgehead atoms. The molecule has 1 unspecified atom stereocenters. The second kappa shape index (κ2) is 5.40. The van der Waals surface area contributed by atoms with Gasteiger partial charge in [0.1, 0.15) is 17.4 Å². The van der Waals surface area contributed by atoms with Gasteiger partial charge < -0.3 is 9.67 Å². The molecular weight excluding hydrogens is 245 g/mol. The Labute approximate surface area is 112 Å². The van der Waals surface area contributed by atoms with E-state index in [0.29, 0.717) is 12.1 Å². The molecule has 2 aromatic rings. The number of imidazole rings is 1. The van der Waals surface area contributed by atoms with Crippen molar-refractivity contribution in [1.82, 2.24) is 14.5 Å². The van der Waals surface area contributed by atoms with Gasteiger partial charge in [0.2, 0.25) is 0 Å². The number of aryl methyl sites for hydroxylation is 1. The van der Waals surface area contributed by atoms with E-state index in [1.54, 1.807) is 12.3 Å². The predicted octanol–water partition coefficient (Wildman–Crippen LogP) is 2.46. The minimum absolute atomic E-state index is 0.0554. The highest BCUT2D eigenvalue weighted by Crippen LogP contribution is 2.25. The predicted molar refractivity (Wildman–Crippen MR) is 71.2 cm³/mol. The van der Waals surface area contributed by atoms with Crippen LogP contribution in [0.2, 0.25) is 0 Å². The van der Waals surface area contributed by atoms with Crippen molar-refractivity contribution in [3.05, 3.63) is 47.8 Å². The molecular formula is C14H18FN3O. The Balaban J connectivity index is 2.14. The molecule has 1 N–H and O–H groups in total. The summed E-state index contributed by atoms with van der Waals surface area (Å²) >= 11 is 0. The highest BCUT2D eigenvalue weighted by atomic mass is 19.1. The van der Waals surface area contributed by atoms with Crippen molar-refractivity contribution in [3.63, 3.8) is 0 Å². The Morgan fingerprint density at radius 2 is 2.21 bits per heavy atom. The number of rotatable bonds is 4. The van der Waals surface area contributed by atoms with Crippen molar-refractivity contribution in [1.29, 1.82) is 0 Å². The van der Waals surface area contributed by atoms with Gasteiger partial charge in [-0.25, -0.2) is 9.37 Å². The number of aromatic nitrogens is 2. The smallest absolute Gasteiger partial charge is 0.131 e. The van der Waals surface area contributed by atoms with E-state index in [1.807, 2.05) is 36.7 Å². The average molecular weight is 263 g/mol. The van der Waals surface area contributed by atoms with Crippen LogP contribution in [0.15, 0.2) is 30.6 Å². The molecule has 5 heteroatoms. The monoisotopic (exact) mass is 263 g/mol. The standard InChI is InChI=1S/C14H18FN3O/c1-10(12-5-4-11(19)8-13(12)15)18(3)9-14-16-6-7-17(14)2/h4-8,10,19H,9H2,1-3H3. The summed E-state index contributed by atoms with van der Waals surface area (Å²) in [5.41, 5.74) is 0.564. The van der Waals surface area contributed by atoms with Crippen LogP contribution >= 0.6 is 0 Å². The van der Waals surface area contributed by atoms with Crippen LogP contribution in [0, 0.1) is 5.82 Å². The number of phenols is 1. The minimum Gasteiger partial charge on any atom is -0.508 e. The Hall–Kier alpha value is -1.88. The molecule has 0 spiro atoms. The Bertz CT molecular complexity index is 568. The first-order valence-electron chi connectivity index (χ1n) is 6.14. The van der Waals surface area contributed by atoms with Crippen molar-refractivity contribution < 1.29 is 9.50 Å². The highest BCUT2D eigenvalue weighted by Gasteiger charge is 2.17. The van der Waals surface area contributed by atoms with E-state index < -0.39 is 0 Å². The summed E-state index contributed by atoms with van der Waals surface area (Å²) in [7, 11) is 3.85. The first-order chi connectivity index (χ1) is 8.99.